The molecule has 0 amide bonds. The summed E-state index contributed by atoms with van der Waals surface area (Å²) in [6, 6.07) is 2.08. The first-order valence-corrected chi connectivity index (χ1v) is 6.70. The Labute approximate surface area is 110 Å². The summed E-state index contributed by atoms with van der Waals surface area (Å²) in [4.78, 5) is 5.29. The minimum Gasteiger partial charge on any atom is -0.492 e. The van der Waals surface area contributed by atoms with Gasteiger partial charge in [0.15, 0.2) is 0 Å². The number of hydrogen-bond acceptors (Lipinski definition) is 6. The van der Waals surface area contributed by atoms with Crippen molar-refractivity contribution in [2.24, 2.45) is 0 Å². The standard InChI is InChI=1S/C12H16N4OS/c1-3-14-12(11-8-15-16-18-11)9-5-10(17-4-2)7-13-6-9/h5-8,12,14H,3-4H2,1-2H3. The highest BCUT2D eigenvalue weighted by Crippen LogP contribution is 2.25. The Morgan fingerprint density at radius 3 is 2.89 bits per heavy atom. The van der Waals surface area contributed by atoms with Crippen LogP contribution in [0.15, 0.2) is 24.7 Å². The zero-order chi connectivity index (χ0) is 12.8. The zero-order valence-electron chi connectivity index (χ0n) is 10.5. The summed E-state index contributed by atoms with van der Waals surface area (Å²) in [5.41, 5.74) is 1.06. The summed E-state index contributed by atoms with van der Waals surface area (Å²) >= 11 is 1.39. The molecule has 0 spiro atoms. The van der Waals surface area contributed by atoms with Gasteiger partial charge in [0.05, 0.1) is 29.9 Å². The van der Waals surface area contributed by atoms with Crippen LogP contribution in [0.1, 0.15) is 30.3 Å². The van der Waals surface area contributed by atoms with Crippen LogP contribution in [0.4, 0.5) is 0 Å². The number of hydrogen-bond donors (Lipinski definition) is 1. The van der Waals surface area contributed by atoms with Crippen molar-refractivity contribution in [1.29, 1.82) is 0 Å². The van der Waals surface area contributed by atoms with Crippen LogP contribution in [0.2, 0.25) is 0 Å². The SMILES string of the molecule is CCNC(c1cncc(OCC)c1)c1cnns1. The van der Waals surface area contributed by atoms with Gasteiger partial charge in [-0.2, -0.15) is 0 Å². The van der Waals surface area contributed by atoms with E-state index in [1.54, 1.807) is 12.4 Å². The third-order valence-electron chi connectivity index (χ3n) is 2.45. The van der Waals surface area contributed by atoms with Gasteiger partial charge in [0, 0.05) is 6.20 Å². The predicted molar refractivity (Wildman–Crippen MR) is 70.8 cm³/mol. The average molecular weight is 264 g/mol. The molecule has 5 nitrogen and oxygen atoms in total. The first kappa shape index (κ1) is 12.9. The van der Waals surface area contributed by atoms with Gasteiger partial charge in [0.2, 0.25) is 0 Å². The third kappa shape index (κ3) is 3.02. The smallest absolute Gasteiger partial charge is 0.137 e. The molecule has 0 bridgehead atoms. The largest absolute Gasteiger partial charge is 0.492 e. The van der Waals surface area contributed by atoms with Gasteiger partial charge in [-0.1, -0.05) is 11.4 Å². The van der Waals surface area contributed by atoms with Crippen molar-refractivity contribution in [3.8, 4) is 5.75 Å². The highest BCUT2D eigenvalue weighted by atomic mass is 32.1. The van der Waals surface area contributed by atoms with Crippen molar-refractivity contribution in [3.05, 3.63) is 35.1 Å². The second kappa shape index (κ2) is 6.42. The van der Waals surface area contributed by atoms with Gasteiger partial charge in [-0.15, -0.1) is 5.10 Å². The molecule has 18 heavy (non-hydrogen) atoms. The highest BCUT2D eigenvalue weighted by Gasteiger charge is 2.16. The topological polar surface area (TPSA) is 59.9 Å². The molecule has 0 aliphatic carbocycles. The molecule has 0 saturated carbocycles. The normalized spacial score (nSPS) is 12.3. The van der Waals surface area contributed by atoms with E-state index >= 15 is 0 Å². The van der Waals surface area contributed by atoms with Crippen LogP contribution in [0.5, 0.6) is 5.75 Å². The fourth-order valence-corrected chi connectivity index (χ4v) is 2.34. The Bertz CT molecular complexity index is 475. The molecule has 2 aromatic heterocycles. The second-order valence-electron chi connectivity index (χ2n) is 3.70. The van der Waals surface area contributed by atoms with E-state index < -0.39 is 0 Å². The van der Waals surface area contributed by atoms with Crippen molar-refractivity contribution < 1.29 is 4.74 Å². The molecule has 6 heteroatoms. The van der Waals surface area contributed by atoms with Crippen LogP contribution in [-0.2, 0) is 0 Å². The molecule has 0 radical (unpaired) electrons. The summed E-state index contributed by atoms with van der Waals surface area (Å²) in [5, 5.41) is 7.29. The number of rotatable bonds is 6. The molecule has 1 atom stereocenters. The molecule has 96 valence electrons. The van der Waals surface area contributed by atoms with Crippen LogP contribution in [0, 0.1) is 0 Å². The van der Waals surface area contributed by atoms with Crippen LogP contribution in [-0.4, -0.2) is 27.7 Å². The van der Waals surface area contributed by atoms with Gasteiger partial charge in [-0.3, -0.25) is 4.98 Å². The van der Waals surface area contributed by atoms with Crippen LogP contribution >= 0.6 is 11.5 Å². The zero-order valence-corrected chi connectivity index (χ0v) is 11.3. The monoisotopic (exact) mass is 264 g/mol. The molecule has 2 heterocycles. The fourth-order valence-electron chi connectivity index (χ4n) is 1.73. The number of ether oxygens (including phenoxy) is 1. The van der Waals surface area contributed by atoms with E-state index in [2.05, 4.69) is 26.8 Å². The minimum atomic E-state index is 0.0721. The summed E-state index contributed by atoms with van der Waals surface area (Å²) in [5.74, 6) is 0.787. The van der Waals surface area contributed by atoms with E-state index in [0.717, 1.165) is 22.7 Å². The molecule has 0 saturated heterocycles. The van der Waals surface area contributed by atoms with Crippen molar-refractivity contribution in [1.82, 2.24) is 19.9 Å². The minimum absolute atomic E-state index is 0.0721. The average Bonchev–Trinajstić information content (AvgIpc) is 2.90. The van der Waals surface area contributed by atoms with Crippen LogP contribution in [0.25, 0.3) is 0 Å². The van der Waals surface area contributed by atoms with E-state index in [0.29, 0.717) is 6.61 Å². The quantitative estimate of drug-likeness (QED) is 0.865. The van der Waals surface area contributed by atoms with Gasteiger partial charge in [-0.05, 0) is 36.6 Å². The lowest BCUT2D eigenvalue weighted by Gasteiger charge is -2.16. The van der Waals surface area contributed by atoms with Crippen molar-refractivity contribution in [3.63, 3.8) is 0 Å². The number of nitrogens with one attached hydrogen (secondary N) is 1. The Morgan fingerprint density at radius 1 is 1.33 bits per heavy atom. The predicted octanol–water partition coefficient (Wildman–Crippen LogP) is 2.03. The fraction of sp³-hybridized carbons (Fsp3) is 0.417. The summed E-state index contributed by atoms with van der Waals surface area (Å²) in [6.07, 6.45) is 5.35. The lowest BCUT2D eigenvalue weighted by atomic mass is 10.1. The van der Waals surface area contributed by atoms with Gasteiger partial charge >= 0.3 is 0 Å². The Balaban J connectivity index is 2.27. The molecule has 2 rings (SSSR count). The molecular weight excluding hydrogens is 248 g/mol. The van der Waals surface area contributed by atoms with Crippen molar-refractivity contribution >= 4 is 11.5 Å². The maximum Gasteiger partial charge on any atom is 0.137 e. The molecule has 1 N–H and O–H groups in total. The highest BCUT2D eigenvalue weighted by molar-refractivity contribution is 7.05. The summed E-state index contributed by atoms with van der Waals surface area (Å²) in [7, 11) is 0. The Hall–Kier alpha value is -1.53. The Morgan fingerprint density at radius 2 is 2.22 bits per heavy atom. The molecule has 0 aliphatic heterocycles. The van der Waals surface area contributed by atoms with E-state index in [1.165, 1.54) is 11.5 Å². The lowest BCUT2D eigenvalue weighted by molar-refractivity contribution is 0.338. The van der Waals surface area contributed by atoms with Crippen LogP contribution < -0.4 is 10.1 Å². The van der Waals surface area contributed by atoms with Crippen molar-refractivity contribution in [2.75, 3.05) is 13.2 Å². The first-order chi connectivity index (χ1) is 8.85. The Kier molecular flexibility index (Phi) is 4.60. The summed E-state index contributed by atoms with van der Waals surface area (Å²) < 4.78 is 9.38. The molecule has 0 aromatic carbocycles. The van der Waals surface area contributed by atoms with Gasteiger partial charge in [0.25, 0.3) is 0 Å². The second-order valence-corrected chi connectivity index (χ2v) is 4.51. The van der Waals surface area contributed by atoms with E-state index in [1.807, 2.05) is 19.2 Å². The number of pyridine rings is 1. The van der Waals surface area contributed by atoms with E-state index in [9.17, 15) is 0 Å². The molecule has 2 aromatic rings. The lowest BCUT2D eigenvalue weighted by Crippen LogP contribution is -2.21. The maximum atomic E-state index is 5.47. The summed E-state index contributed by atoms with van der Waals surface area (Å²) in [6.45, 7) is 5.53. The molecule has 0 fully saturated rings. The van der Waals surface area contributed by atoms with Gasteiger partial charge in [-0.25, -0.2) is 0 Å². The maximum absolute atomic E-state index is 5.47. The first-order valence-electron chi connectivity index (χ1n) is 5.93. The molecule has 0 aliphatic rings. The van der Waals surface area contributed by atoms with Crippen LogP contribution in [0.3, 0.4) is 0 Å². The van der Waals surface area contributed by atoms with Crippen molar-refractivity contribution in [2.45, 2.75) is 19.9 Å². The van der Waals surface area contributed by atoms with E-state index in [-0.39, 0.29) is 6.04 Å². The number of aromatic nitrogens is 3. The third-order valence-corrected chi connectivity index (χ3v) is 3.18. The molecular formula is C12H16N4OS. The molecule has 1 unspecified atom stereocenters. The van der Waals surface area contributed by atoms with Gasteiger partial charge < -0.3 is 10.1 Å². The van der Waals surface area contributed by atoms with E-state index in [4.69, 9.17) is 4.74 Å². The number of nitrogens with zero attached hydrogens (tertiary/aromatic N) is 3. The van der Waals surface area contributed by atoms with Gasteiger partial charge in [0.1, 0.15) is 5.75 Å².